The summed E-state index contributed by atoms with van der Waals surface area (Å²) >= 11 is 10.8. The quantitative estimate of drug-likeness (QED) is 0.381. The van der Waals surface area contributed by atoms with Gasteiger partial charge in [-0.15, -0.1) is 23.2 Å². The number of rotatable bonds is 8. The molecule has 1 aliphatic carbocycles. The average Bonchev–Trinajstić information content (AvgIpc) is 2.56. The first-order valence-electron chi connectivity index (χ1n) is 6.95. The van der Waals surface area contributed by atoms with Crippen LogP contribution in [0.5, 0.6) is 0 Å². The SMILES string of the molecule is O=C(OCC(O)CCl)C1CC=CCC1C(=O)OCC(O)CCl. The second-order valence-corrected chi connectivity index (χ2v) is 5.65. The molecule has 0 aliphatic heterocycles. The van der Waals surface area contributed by atoms with E-state index in [-0.39, 0.29) is 25.0 Å². The second kappa shape index (κ2) is 10.0. The normalized spacial score (nSPS) is 23.6. The summed E-state index contributed by atoms with van der Waals surface area (Å²) in [6.07, 6.45) is 2.42. The van der Waals surface area contributed by atoms with Gasteiger partial charge in [0.1, 0.15) is 25.4 Å². The number of alkyl halides is 2. The van der Waals surface area contributed by atoms with E-state index < -0.39 is 36.0 Å². The van der Waals surface area contributed by atoms with Crippen molar-refractivity contribution in [1.82, 2.24) is 0 Å². The highest BCUT2D eigenvalue weighted by atomic mass is 35.5. The molecule has 126 valence electrons. The number of carbonyl (C=O) groups excluding carboxylic acids is 2. The Labute approximate surface area is 139 Å². The van der Waals surface area contributed by atoms with Crippen LogP contribution in [0.4, 0.5) is 0 Å². The number of hydrogen-bond acceptors (Lipinski definition) is 6. The summed E-state index contributed by atoms with van der Waals surface area (Å²) < 4.78 is 9.95. The molecule has 1 aliphatic rings. The van der Waals surface area contributed by atoms with Gasteiger partial charge in [-0.25, -0.2) is 0 Å². The van der Waals surface area contributed by atoms with Gasteiger partial charge in [0.2, 0.25) is 0 Å². The number of aliphatic hydroxyl groups is 2. The van der Waals surface area contributed by atoms with E-state index in [9.17, 15) is 19.8 Å². The molecule has 0 amide bonds. The maximum atomic E-state index is 12.0. The average molecular weight is 355 g/mol. The molecule has 4 atom stereocenters. The third-order valence-corrected chi connectivity index (χ3v) is 3.94. The van der Waals surface area contributed by atoms with Crippen LogP contribution in [0.15, 0.2) is 12.2 Å². The number of aliphatic hydroxyl groups excluding tert-OH is 2. The summed E-state index contributed by atoms with van der Waals surface area (Å²) in [4.78, 5) is 24.1. The summed E-state index contributed by atoms with van der Waals surface area (Å²) in [6.45, 7) is -0.426. The lowest BCUT2D eigenvalue weighted by Crippen LogP contribution is -2.36. The van der Waals surface area contributed by atoms with E-state index in [2.05, 4.69) is 0 Å². The third-order valence-electron chi connectivity index (χ3n) is 3.23. The monoisotopic (exact) mass is 354 g/mol. The molecule has 6 nitrogen and oxygen atoms in total. The Balaban J connectivity index is 2.57. The van der Waals surface area contributed by atoms with Gasteiger partial charge in [-0.05, 0) is 12.8 Å². The predicted molar refractivity (Wildman–Crippen MR) is 80.7 cm³/mol. The Morgan fingerprint density at radius 1 is 0.955 bits per heavy atom. The lowest BCUT2D eigenvalue weighted by molar-refractivity contribution is -0.163. The van der Waals surface area contributed by atoms with E-state index in [0.29, 0.717) is 12.8 Å². The third kappa shape index (κ3) is 6.12. The molecule has 2 N–H and O–H groups in total. The zero-order valence-corrected chi connectivity index (χ0v) is 13.5. The zero-order chi connectivity index (χ0) is 16.5. The lowest BCUT2D eigenvalue weighted by atomic mass is 9.83. The van der Waals surface area contributed by atoms with E-state index in [4.69, 9.17) is 32.7 Å². The highest BCUT2D eigenvalue weighted by Gasteiger charge is 2.36. The number of hydrogen-bond donors (Lipinski definition) is 2. The van der Waals surface area contributed by atoms with Crippen LogP contribution < -0.4 is 0 Å². The van der Waals surface area contributed by atoms with Gasteiger partial charge in [0.05, 0.1) is 23.6 Å². The molecule has 8 heteroatoms. The molecule has 0 saturated carbocycles. The first-order chi connectivity index (χ1) is 10.5. The lowest BCUT2D eigenvalue weighted by Gasteiger charge is -2.25. The van der Waals surface area contributed by atoms with Gasteiger partial charge in [-0.1, -0.05) is 12.2 Å². The summed E-state index contributed by atoms with van der Waals surface area (Å²) in [7, 11) is 0. The Morgan fingerprint density at radius 2 is 1.32 bits per heavy atom. The molecule has 0 aromatic heterocycles. The summed E-state index contributed by atoms with van der Waals surface area (Å²) in [5.74, 6) is -2.58. The van der Waals surface area contributed by atoms with Crippen LogP contribution in [-0.2, 0) is 19.1 Å². The molecule has 0 saturated heterocycles. The standard InChI is InChI=1S/C14H20Cl2O6/c15-5-9(17)7-21-13(19)11-3-1-2-4-12(11)14(20)22-8-10(18)6-16/h1-2,9-12,17-18H,3-8H2. The maximum absolute atomic E-state index is 12.0. The van der Waals surface area contributed by atoms with E-state index in [1.54, 1.807) is 12.2 Å². The molecular formula is C14H20Cl2O6. The van der Waals surface area contributed by atoms with Crippen molar-refractivity contribution in [2.45, 2.75) is 25.0 Å². The minimum absolute atomic E-state index is 0.0420. The number of carbonyl (C=O) groups is 2. The van der Waals surface area contributed by atoms with E-state index in [1.165, 1.54) is 0 Å². The number of ether oxygens (including phenoxy) is 2. The number of halogens is 2. The molecule has 0 spiro atoms. The van der Waals surface area contributed by atoms with Crippen LogP contribution in [-0.4, -0.2) is 59.3 Å². The largest absolute Gasteiger partial charge is 0.463 e. The van der Waals surface area contributed by atoms with Crippen molar-refractivity contribution >= 4 is 35.1 Å². The Kier molecular flexibility index (Phi) is 8.78. The van der Waals surface area contributed by atoms with Gasteiger partial charge >= 0.3 is 11.9 Å². The second-order valence-electron chi connectivity index (χ2n) is 5.03. The summed E-state index contributed by atoms with van der Waals surface area (Å²) in [6, 6.07) is 0. The van der Waals surface area contributed by atoms with E-state index in [1.807, 2.05) is 0 Å². The summed E-state index contributed by atoms with van der Waals surface area (Å²) in [5, 5.41) is 18.6. The number of esters is 2. The van der Waals surface area contributed by atoms with Crippen LogP contribution in [0.1, 0.15) is 12.8 Å². The Bertz CT molecular complexity index is 365. The molecule has 4 unspecified atom stereocenters. The molecule has 0 radical (unpaired) electrons. The van der Waals surface area contributed by atoms with Crippen LogP contribution in [0.25, 0.3) is 0 Å². The molecular weight excluding hydrogens is 335 g/mol. The molecule has 22 heavy (non-hydrogen) atoms. The van der Waals surface area contributed by atoms with Gasteiger partial charge in [0, 0.05) is 0 Å². The van der Waals surface area contributed by atoms with Gasteiger partial charge in [0.15, 0.2) is 0 Å². The molecule has 0 aromatic rings. The predicted octanol–water partition coefficient (Wildman–Crippen LogP) is 0.855. The molecule has 0 aromatic carbocycles. The van der Waals surface area contributed by atoms with Crippen molar-refractivity contribution in [2.75, 3.05) is 25.0 Å². The fourth-order valence-corrected chi connectivity index (χ4v) is 2.17. The van der Waals surface area contributed by atoms with Gasteiger partial charge in [-0.2, -0.15) is 0 Å². The van der Waals surface area contributed by atoms with Crippen molar-refractivity contribution in [2.24, 2.45) is 11.8 Å². The van der Waals surface area contributed by atoms with E-state index in [0.717, 1.165) is 0 Å². The smallest absolute Gasteiger partial charge is 0.310 e. The van der Waals surface area contributed by atoms with Gasteiger partial charge in [-0.3, -0.25) is 9.59 Å². The maximum Gasteiger partial charge on any atom is 0.310 e. The van der Waals surface area contributed by atoms with Crippen LogP contribution in [0.3, 0.4) is 0 Å². The van der Waals surface area contributed by atoms with E-state index >= 15 is 0 Å². The first kappa shape index (κ1) is 19.2. The Morgan fingerprint density at radius 3 is 1.64 bits per heavy atom. The van der Waals surface area contributed by atoms with Crippen molar-refractivity contribution < 1.29 is 29.3 Å². The van der Waals surface area contributed by atoms with Gasteiger partial charge < -0.3 is 19.7 Å². The minimum Gasteiger partial charge on any atom is -0.463 e. The van der Waals surface area contributed by atoms with Crippen molar-refractivity contribution in [3.05, 3.63) is 12.2 Å². The zero-order valence-electron chi connectivity index (χ0n) is 12.0. The van der Waals surface area contributed by atoms with Crippen molar-refractivity contribution in [1.29, 1.82) is 0 Å². The fraction of sp³-hybridized carbons (Fsp3) is 0.714. The molecule has 0 fully saturated rings. The van der Waals surface area contributed by atoms with Crippen molar-refractivity contribution in [3.8, 4) is 0 Å². The van der Waals surface area contributed by atoms with Crippen LogP contribution in [0, 0.1) is 11.8 Å². The highest BCUT2D eigenvalue weighted by Crippen LogP contribution is 2.28. The van der Waals surface area contributed by atoms with Gasteiger partial charge in [0.25, 0.3) is 0 Å². The fourth-order valence-electron chi connectivity index (χ4n) is 1.99. The Hall–Kier alpha value is -0.820. The number of allylic oxidation sites excluding steroid dienone is 2. The molecule has 1 rings (SSSR count). The minimum atomic E-state index is -0.936. The van der Waals surface area contributed by atoms with Crippen LogP contribution >= 0.6 is 23.2 Å². The molecule has 0 heterocycles. The highest BCUT2D eigenvalue weighted by molar-refractivity contribution is 6.18. The van der Waals surface area contributed by atoms with Crippen LogP contribution in [0.2, 0.25) is 0 Å². The summed E-state index contributed by atoms with van der Waals surface area (Å²) in [5.41, 5.74) is 0. The topological polar surface area (TPSA) is 93.1 Å². The molecule has 0 bridgehead atoms. The van der Waals surface area contributed by atoms with Crippen molar-refractivity contribution in [3.63, 3.8) is 0 Å². The first-order valence-corrected chi connectivity index (χ1v) is 8.02.